The van der Waals surface area contributed by atoms with Crippen LogP contribution >= 0.6 is 0 Å². The molecule has 3 aliphatic rings. The Hall–Kier alpha value is -2.28. The van der Waals surface area contributed by atoms with Crippen molar-refractivity contribution in [2.24, 2.45) is 29.6 Å². The number of carboxylic acids is 1. The van der Waals surface area contributed by atoms with Gasteiger partial charge in [-0.15, -0.1) is 0 Å². The standard InChI is InChI=1S/C31H40FNO4/c1-17-9-10-19(11-26(17)32)14-31(3,4)33-15-21(34)16-37-18(2)22-7-5-6-8-23(22)24-12-20-13-25(24)28-27(20)29(28)30(35)36/h5-11,18,20-21,24-25,27-29,33-34H,12-16H2,1-4H3,(H,35,36)/t18-,20+,21-,24?,25-,27+,28-,29-/m1/s1. The summed E-state index contributed by atoms with van der Waals surface area (Å²) in [5.41, 5.74) is 3.68. The molecule has 0 spiro atoms. The van der Waals surface area contributed by atoms with Gasteiger partial charge in [-0.1, -0.05) is 36.4 Å². The smallest absolute Gasteiger partial charge is 0.307 e. The number of rotatable bonds is 11. The average Bonchev–Trinajstić information content (AvgIpc) is 3.35. The van der Waals surface area contributed by atoms with Crippen molar-refractivity contribution < 1.29 is 24.1 Å². The number of aliphatic hydroxyl groups excluding tert-OH is 1. The summed E-state index contributed by atoms with van der Waals surface area (Å²) in [5.74, 6) is 1.20. The predicted octanol–water partition coefficient (Wildman–Crippen LogP) is 5.25. The molecule has 2 bridgehead atoms. The molecule has 0 radical (unpaired) electrons. The van der Waals surface area contributed by atoms with E-state index in [0.717, 1.165) is 24.0 Å². The maximum Gasteiger partial charge on any atom is 0.307 e. The first-order valence-corrected chi connectivity index (χ1v) is 13.7. The van der Waals surface area contributed by atoms with Crippen LogP contribution in [0.5, 0.6) is 0 Å². The van der Waals surface area contributed by atoms with Crippen LogP contribution in [-0.4, -0.2) is 41.0 Å². The minimum absolute atomic E-state index is 0.133. The molecule has 3 saturated carbocycles. The minimum atomic E-state index is -0.672. The Labute approximate surface area is 219 Å². The zero-order valence-corrected chi connectivity index (χ0v) is 22.3. The molecule has 0 amide bonds. The third-order valence-corrected chi connectivity index (χ3v) is 9.18. The van der Waals surface area contributed by atoms with E-state index in [1.807, 2.05) is 32.9 Å². The third-order valence-electron chi connectivity index (χ3n) is 9.18. The van der Waals surface area contributed by atoms with Crippen molar-refractivity contribution in [2.75, 3.05) is 13.2 Å². The SMILES string of the molecule is Cc1ccc(CC(C)(C)NC[C@@H](O)CO[C@H](C)c2ccccc2C2C[C@H]3C[C@H]2[C@H]2[C@H](C(=O)O)[C@@H]32)cc1F. The zero-order valence-electron chi connectivity index (χ0n) is 22.3. The van der Waals surface area contributed by atoms with Crippen molar-refractivity contribution in [3.63, 3.8) is 0 Å². The third kappa shape index (κ3) is 5.34. The maximum atomic E-state index is 13.9. The van der Waals surface area contributed by atoms with Crippen molar-refractivity contribution in [3.05, 3.63) is 70.5 Å². The van der Waals surface area contributed by atoms with Gasteiger partial charge in [0, 0.05) is 12.1 Å². The van der Waals surface area contributed by atoms with Gasteiger partial charge in [0.25, 0.3) is 0 Å². The number of fused-ring (bicyclic) bond motifs is 5. The van der Waals surface area contributed by atoms with Crippen LogP contribution in [-0.2, 0) is 16.0 Å². The Kier molecular flexibility index (Phi) is 7.20. The molecule has 200 valence electrons. The molecule has 37 heavy (non-hydrogen) atoms. The molecule has 2 aromatic carbocycles. The quantitative estimate of drug-likeness (QED) is 0.385. The molecular weight excluding hydrogens is 469 g/mol. The molecule has 5 rings (SSSR count). The number of aliphatic carboxylic acids is 1. The Morgan fingerprint density at radius 3 is 2.68 bits per heavy atom. The van der Waals surface area contributed by atoms with Crippen LogP contribution in [0.2, 0.25) is 0 Å². The molecule has 2 aromatic rings. The lowest BCUT2D eigenvalue weighted by molar-refractivity contribution is -0.139. The summed E-state index contributed by atoms with van der Waals surface area (Å²) in [7, 11) is 0. The Bertz CT molecular complexity index is 1150. The minimum Gasteiger partial charge on any atom is -0.481 e. The van der Waals surface area contributed by atoms with E-state index < -0.39 is 12.1 Å². The van der Waals surface area contributed by atoms with E-state index in [1.54, 1.807) is 19.1 Å². The van der Waals surface area contributed by atoms with E-state index in [2.05, 4.69) is 23.5 Å². The molecule has 0 saturated heterocycles. The first-order chi connectivity index (χ1) is 17.6. The second-order valence-electron chi connectivity index (χ2n) is 12.3. The molecule has 0 heterocycles. The number of ether oxygens (including phenoxy) is 1. The topological polar surface area (TPSA) is 78.8 Å². The summed E-state index contributed by atoms with van der Waals surface area (Å²) in [5, 5.41) is 23.6. The summed E-state index contributed by atoms with van der Waals surface area (Å²) in [4.78, 5) is 11.6. The van der Waals surface area contributed by atoms with Crippen LogP contribution in [0.1, 0.15) is 67.9 Å². The molecule has 1 unspecified atom stereocenters. The molecule has 3 aliphatic carbocycles. The van der Waals surface area contributed by atoms with E-state index >= 15 is 0 Å². The van der Waals surface area contributed by atoms with Crippen LogP contribution in [0.25, 0.3) is 0 Å². The highest BCUT2D eigenvalue weighted by Gasteiger charge is 2.70. The van der Waals surface area contributed by atoms with Crippen molar-refractivity contribution in [2.45, 2.75) is 70.6 Å². The van der Waals surface area contributed by atoms with Gasteiger partial charge >= 0.3 is 5.97 Å². The summed E-state index contributed by atoms with van der Waals surface area (Å²) in [6.07, 6.45) is 2.04. The van der Waals surface area contributed by atoms with Gasteiger partial charge in [-0.3, -0.25) is 4.79 Å². The molecule has 6 heteroatoms. The largest absolute Gasteiger partial charge is 0.481 e. The predicted molar refractivity (Wildman–Crippen MR) is 141 cm³/mol. The van der Waals surface area contributed by atoms with Gasteiger partial charge < -0.3 is 20.3 Å². The van der Waals surface area contributed by atoms with Crippen LogP contribution < -0.4 is 5.32 Å². The van der Waals surface area contributed by atoms with Gasteiger partial charge in [-0.2, -0.15) is 0 Å². The second kappa shape index (κ2) is 10.1. The van der Waals surface area contributed by atoms with Crippen LogP contribution in [0.4, 0.5) is 4.39 Å². The summed E-state index contributed by atoms with van der Waals surface area (Å²) in [6.45, 7) is 8.47. The fraction of sp³-hybridized carbons (Fsp3) is 0.581. The van der Waals surface area contributed by atoms with Gasteiger partial charge in [-0.25, -0.2) is 4.39 Å². The number of hydrogen-bond donors (Lipinski definition) is 3. The van der Waals surface area contributed by atoms with Gasteiger partial charge in [0.05, 0.1) is 24.7 Å². The first-order valence-electron chi connectivity index (χ1n) is 13.7. The first kappa shape index (κ1) is 26.3. The van der Waals surface area contributed by atoms with E-state index in [9.17, 15) is 19.4 Å². The lowest BCUT2D eigenvalue weighted by Crippen LogP contribution is -2.46. The highest BCUT2D eigenvalue weighted by molar-refractivity contribution is 5.75. The summed E-state index contributed by atoms with van der Waals surface area (Å²) in [6, 6.07) is 13.7. The van der Waals surface area contributed by atoms with E-state index in [4.69, 9.17) is 4.74 Å². The number of carbonyl (C=O) groups is 1. The highest BCUT2D eigenvalue weighted by Crippen LogP contribution is 2.73. The van der Waals surface area contributed by atoms with Crippen molar-refractivity contribution in [1.29, 1.82) is 0 Å². The van der Waals surface area contributed by atoms with Crippen molar-refractivity contribution >= 4 is 5.97 Å². The summed E-state index contributed by atoms with van der Waals surface area (Å²) < 4.78 is 20.1. The average molecular weight is 510 g/mol. The Morgan fingerprint density at radius 1 is 1.19 bits per heavy atom. The van der Waals surface area contributed by atoms with Gasteiger partial charge in [0.15, 0.2) is 0 Å². The molecule has 8 atom stereocenters. The van der Waals surface area contributed by atoms with Crippen LogP contribution in [0, 0.1) is 42.3 Å². The normalized spacial score (nSPS) is 29.7. The van der Waals surface area contributed by atoms with E-state index in [0.29, 0.717) is 48.1 Å². The number of benzene rings is 2. The number of β-amino-alcohol motifs (C(OH)–C–C–N with tert-alkyl or cyclic N) is 1. The van der Waals surface area contributed by atoms with Crippen LogP contribution in [0.15, 0.2) is 42.5 Å². The number of hydrogen-bond acceptors (Lipinski definition) is 4. The van der Waals surface area contributed by atoms with Crippen LogP contribution in [0.3, 0.4) is 0 Å². The van der Waals surface area contributed by atoms with Gasteiger partial charge in [-0.05, 0) is 105 Å². The van der Waals surface area contributed by atoms with Crippen molar-refractivity contribution in [1.82, 2.24) is 5.32 Å². The van der Waals surface area contributed by atoms with E-state index in [1.165, 1.54) is 5.56 Å². The zero-order chi connectivity index (χ0) is 26.5. The molecular formula is C31H40FNO4. The summed E-state index contributed by atoms with van der Waals surface area (Å²) >= 11 is 0. The number of nitrogens with one attached hydrogen (secondary N) is 1. The Morgan fingerprint density at radius 2 is 1.95 bits per heavy atom. The molecule has 5 nitrogen and oxygen atoms in total. The van der Waals surface area contributed by atoms with Gasteiger partial charge in [0.1, 0.15) is 5.82 Å². The van der Waals surface area contributed by atoms with Gasteiger partial charge in [0.2, 0.25) is 0 Å². The Balaban J connectivity index is 1.14. The number of halogens is 1. The number of aliphatic hydroxyl groups is 1. The molecule has 3 fully saturated rings. The lowest BCUT2D eigenvalue weighted by Gasteiger charge is -2.29. The fourth-order valence-electron chi connectivity index (χ4n) is 7.39. The molecule has 0 aliphatic heterocycles. The monoisotopic (exact) mass is 509 g/mol. The highest BCUT2D eigenvalue weighted by atomic mass is 19.1. The maximum absolute atomic E-state index is 13.9. The molecule has 0 aromatic heterocycles. The lowest BCUT2D eigenvalue weighted by atomic mass is 9.80. The number of carboxylic acid groups (broad SMARTS) is 1. The van der Waals surface area contributed by atoms with Crippen molar-refractivity contribution in [3.8, 4) is 0 Å². The second-order valence-corrected chi connectivity index (χ2v) is 12.3. The number of aryl methyl sites for hydroxylation is 1. The van der Waals surface area contributed by atoms with E-state index in [-0.39, 0.29) is 30.0 Å². The molecule has 3 N–H and O–H groups in total. The fourth-order valence-corrected chi connectivity index (χ4v) is 7.39.